The summed E-state index contributed by atoms with van der Waals surface area (Å²) in [5, 5.41) is 0. The van der Waals surface area contributed by atoms with Gasteiger partial charge in [0.05, 0.1) is 37.6 Å². The summed E-state index contributed by atoms with van der Waals surface area (Å²) in [6, 6.07) is 0. The van der Waals surface area contributed by atoms with Crippen LogP contribution < -0.4 is 0 Å². The van der Waals surface area contributed by atoms with Gasteiger partial charge in [0.1, 0.15) is 11.2 Å². The van der Waals surface area contributed by atoms with Crippen molar-refractivity contribution >= 4 is 11.9 Å². The quantitative estimate of drug-likeness (QED) is 0.355. The van der Waals surface area contributed by atoms with Crippen LogP contribution >= 0.6 is 0 Å². The largest absolute Gasteiger partial charge is 0.386 e. The molecular formula is C30H46O7. The van der Waals surface area contributed by atoms with Crippen LogP contribution in [0.25, 0.3) is 0 Å². The summed E-state index contributed by atoms with van der Waals surface area (Å²) >= 11 is 0. The van der Waals surface area contributed by atoms with Crippen molar-refractivity contribution in [3.8, 4) is 0 Å². The Bertz CT molecular complexity index is 938. The summed E-state index contributed by atoms with van der Waals surface area (Å²) in [4.78, 5) is 27.5. The maximum Gasteiger partial charge on any atom is 0.342 e. The van der Waals surface area contributed by atoms with Gasteiger partial charge in [0.25, 0.3) is 0 Å². The van der Waals surface area contributed by atoms with E-state index in [0.29, 0.717) is 50.4 Å². The van der Waals surface area contributed by atoms with Gasteiger partial charge in [-0.15, -0.1) is 0 Å². The van der Waals surface area contributed by atoms with Crippen LogP contribution in [0.5, 0.6) is 0 Å². The third-order valence-corrected chi connectivity index (χ3v) is 9.57. The number of carbonyl (C=O) groups is 2. The van der Waals surface area contributed by atoms with Gasteiger partial charge in [-0.3, -0.25) is 0 Å². The van der Waals surface area contributed by atoms with Crippen molar-refractivity contribution in [3.63, 3.8) is 0 Å². The summed E-state index contributed by atoms with van der Waals surface area (Å²) in [7, 11) is 0. The summed E-state index contributed by atoms with van der Waals surface area (Å²) in [6.45, 7) is 21.5. The maximum absolute atomic E-state index is 13.7. The Labute approximate surface area is 222 Å². The van der Waals surface area contributed by atoms with Crippen LogP contribution in [0.3, 0.4) is 0 Å². The van der Waals surface area contributed by atoms with E-state index in [-0.39, 0.29) is 11.2 Å². The second kappa shape index (κ2) is 9.00. The van der Waals surface area contributed by atoms with Crippen LogP contribution in [0.1, 0.15) is 94.9 Å². The molecule has 37 heavy (non-hydrogen) atoms. The van der Waals surface area contributed by atoms with Crippen LogP contribution in [0.15, 0.2) is 22.3 Å². The molecule has 0 radical (unpaired) electrons. The monoisotopic (exact) mass is 518 g/mol. The fourth-order valence-electron chi connectivity index (χ4n) is 6.65. The second-order valence-electron chi connectivity index (χ2n) is 13.9. The van der Waals surface area contributed by atoms with E-state index < -0.39 is 34.0 Å². The molecule has 2 aliphatic carbocycles. The molecule has 0 bridgehead atoms. The molecule has 0 aromatic carbocycles. The van der Waals surface area contributed by atoms with E-state index in [4.69, 9.17) is 23.7 Å². The van der Waals surface area contributed by atoms with Gasteiger partial charge in [0.15, 0.2) is 0 Å². The normalized spacial score (nSPS) is 34.5. The maximum atomic E-state index is 13.7. The molecule has 2 atom stereocenters. The van der Waals surface area contributed by atoms with Crippen LogP contribution in [-0.4, -0.2) is 60.8 Å². The fourth-order valence-corrected chi connectivity index (χ4v) is 6.65. The molecule has 0 N–H and O–H groups in total. The molecule has 0 amide bonds. The highest BCUT2D eigenvalue weighted by atomic mass is 16.6. The van der Waals surface area contributed by atoms with Crippen molar-refractivity contribution in [2.24, 2.45) is 10.8 Å². The zero-order valence-electron chi connectivity index (χ0n) is 24.5. The summed E-state index contributed by atoms with van der Waals surface area (Å²) in [5.41, 5.74) is -0.555. The molecule has 0 aromatic rings. The molecule has 4 rings (SSSR count). The zero-order chi connectivity index (χ0) is 27.7. The van der Waals surface area contributed by atoms with Gasteiger partial charge < -0.3 is 23.7 Å². The molecule has 2 saturated heterocycles. The van der Waals surface area contributed by atoms with Gasteiger partial charge in [-0.05, 0) is 67.2 Å². The number of ether oxygens (including phenoxy) is 5. The van der Waals surface area contributed by atoms with Crippen molar-refractivity contribution < 1.29 is 33.3 Å². The molecule has 2 heterocycles. The predicted octanol–water partition coefficient (Wildman–Crippen LogP) is 5.46. The molecule has 2 fully saturated rings. The molecule has 2 unspecified atom stereocenters. The second-order valence-corrected chi connectivity index (χ2v) is 13.9. The summed E-state index contributed by atoms with van der Waals surface area (Å²) in [6.07, 6.45) is 2.87. The topological polar surface area (TPSA) is 80.3 Å². The van der Waals surface area contributed by atoms with Gasteiger partial charge >= 0.3 is 11.9 Å². The van der Waals surface area contributed by atoms with Gasteiger partial charge in [-0.1, -0.05) is 38.8 Å². The first kappa shape index (κ1) is 28.5. The van der Waals surface area contributed by atoms with E-state index in [1.165, 1.54) is 0 Å². The lowest BCUT2D eigenvalue weighted by atomic mass is 9.61. The predicted molar refractivity (Wildman–Crippen MR) is 140 cm³/mol. The first-order valence-corrected chi connectivity index (χ1v) is 13.6. The number of rotatable bonds is 2. The molecule has 208 valence electrons. The number of esters is 2. The lowest BCUT2D eigenvalue weighted by Crippen LogP contribution is -2.61. The number of allylic oxidation sites excluding steroid dienone is 2. The van der Waals surface area contributed by atoms with Gasteiger partial charge in [0.2, 0.25) is 0 Å². The third kappa shape index (κ3) is 4.64. The highest BCUT2D eigenvalue weighted by Crippen LogP contribution is 2.54. The summed E-state index contributed by atoms with van der Waals surface area (Å²) < 4.78 is 30.9. The van der Waals surface area contributed by atoms with E-state index in [1.807, 2.05) is 69.2 Å². The zero-order valence-corrected chi connectivity index (χ0v) is 24.5. The minimum absolute atomic E-state index is 0.374. The van der Waals surface area contributed by atoms with Crippen LogP contribution in [0.2, 0.25) is 0 Å². The van der Waals surface area contributed by atoms with Crippen LogP contribution in [0.4, 0.5) is 0 Å². The SMILES string of the molecule is CC1=C(C(=O)OC(=O)C2=C(C)CCC3(COC(C)(C)CO3)C2(C)C)C(C)(C)C2(CC1)COC(C)(C)CO2. The number of hydrogen-bond acceptors (Lipinski definition) is 7. The van der Waals surface area contributed by atoms with Crippen molar-refractivity contribution in [2.45, 2.75) is 117 Å². The lowest BCUT2D eigenvalue weighted by molar-refractivity contribution is -0.258. The molecule has 2 aliphatic heterocycles. The van der Waals surface area contributed by atoms with Gasteiger partial charge in [0, 0.05) is 22.0 Å². The highest BCUT2D eigenvalue weighted by Gasteiger charge is 2.58. The smallest absolute Gasteiger partial charge is 0.342 e. The summed E-state index contributed by atoms with van der Waals surface area (Å²) in [5.74, 6) is -1.20. The Morgan fingerprint density at radius 2 is 0.946 bits per heavy atom. The first-order valence-electron chi connectivity index (χ1n) is 13.6. The van der Waals surface area contributed by atoms with E-state index in [9.17, 15) is 9.59 Å². The van der Waals surface area contributed by atoms with E-state index in [0.717, 1.165) is 24.0 Å². The van der Waals surface area contributed by atoms with Crippen LogP contribution in [-0.2, 0) is 33.3 Å². The number of carbonyl (C=O) groups excluding carboxylic acids is 2. The van der Waals surface area contributed by atoms with Crippen molar-refractivity contribution in [1.29, 1.82) is 0 Å². The molecule has 2 spiro atoms. The molecule has 0 aromatic heterocycles. The highest BCUT2D eigenvalue weighted by molar-refractivity contribution is 6.04. The average molecular weight is 519 g/mol. The Hall–Kier alpha value is -1.54. The number of hydrogen-bond donors (Lipinski definition) is 0. The molecule has 7 nitrogen and oxygen atoms in total. The minimum atomic E-state index is -0.693. The minimum Gasteiger partial charge on any atom is -0.386 e. The molecule has 0 saturated carbocycles. The van der Waals surface area contributed by atoms with Gasteiger partial charge in [-0.25, -0.2) is 9.59 Å². The Morgan fingerprint density at radius 1 is 0.595 bits per heavy atom. The van der Waals surface area contributed by atoms with Crippen molar-refractivity contribution in [1.82, 2.24) is 0 Å². The first-order chi connectivity index (χ1) is 16.9. The van der Waals surface area contributed by atoms with Crippen molar-refractivity contribution in [3.05, 3.63) is 22.3 Å². The van der Waals surface area contributed by atoms with E-state index in [1.54, 1.807) is 0 Å². The lowest BCUT2D eigenvalue weighted by Gasteiger charge is -2.55. The molecule has 4 aliphatic rings. The van der Waals surface area contributed by atoms with Crippen LogP contribution in [0, 0.1) is 10.8 Å². The average Bonchev–Trinajstić information content (AvgIpc) is 2.76. The Balaban J connectivity index is 1.59. The van der Waals surface area contributed by atoms with Crippen molar-refractivity contribution in [2.75, 3.05) is 26.4 Å². The third-order valence-electron chi connectivity index (χ3n) is 9.57. The van der Waals surface area contributed by atoms with Gasteiger partial charge in [-0.2, -0.15) is 0 Å². The fraction of sp³-hybridized carbons (Fsp3) is 0.800. The Morgan fingerprint density at radius 3 is 1.24 bits per heavy atom. The van der Waals surface area contributed by atoms with E-state index in [2.05, 4.69) is 0 Å². The molecular weight excluding hydrogens is 472 g/mol. The molecule has 7 heteroatoms. The standard InChI is InChI=1S/C30H46O7/c1-19-11-13-29(17-33-25(3,4)15-35-29)27(7,8)21(19)23(31)37-24(32)22-20(2)12-14-30(28(22,9)10)18-34-26(5,6)16-36-30/h11-18H2,1-10H3. The Kier molecular flexibility index (Phi) is 6.93. The van der Waals surface area contributed by atoms with E-state index >= 15 is 0 Å².